The SMILES string of the molecule is O=C(Nc1ccc(Nc2cccc(Br)c2)cn1)c1ccc(F)cc1. The zero-order valence-corrected chi connectivity index (χ0v) is 14.0. The summed E-state index contributed by atoms with van der Waals surface area (Å²) in [6, 6.07) is 16.6. The molecule has 0 aliphatic heterocycles. The molecule has 0 aliphatic carbocycles. The molecule has 0 atom stereocenters. The summed E-state index contributed by atoms with van der Waals surface area (Å²) in [7, 11) is 0. The molecule has 0 spiro atoms. The second-order valence-electron chi connectivity index (χ2n) is 5.03. The van der Waals surface area contributed by atoms with Crippen molar-refractivity contribution in [2.24, 2.45) is 0 Å². The van der Waals surface area contributed by atoms with Gasteiger partial charge in [-0.1, -0.05) is 22.0 Å². The van der Waals surface area contributed by atoms with Crippen LogP contribution in [0.2, 0.25) is 0 Å². The van der Waals surface area contributed by atoms with Crippen molar-refractivity contribution in [3.8, 4) is 0 Å². The minimum Gasteiger partial charge on any atom is -0.354 e. The van der Waals surface area contributed by atoms with Crippen LogP contribution in [-0.2, 0) is 0 Å². The van der Waals surface area contributed by atoms with E-state index in [0.717, 1.165) is 15.8 Å². The van der Waals surface area contributed by atoms with E-state index in [2.05, 4.69) is 31.5 Å². The van der Waals surface area contributed by atoms with Gasteiger partial charge in [0, 0.05) is 15.7 Å². The average Bonchev–Trinajstić information content (AvgIpc) is 2.57. The van der Waals surface area contributed by atoms with Crippen molar-refractivity contribution in [2.75, 3.05) is 10.6 Å². The highest BCUT2D eigenvalue weighted by Crippen LogP contribution is 2.20. The number of nitrogens with one attached hydrogen (secondary N) is 2. The Bertz CT molecular complexity index is 851. The van der Waals surface area contributed by atoms with Crippen LogP contribution in [0.1, 0.15) is 10.4 Å². The van der Waals surface area contributed by atoms with Gasteiger partial charge in [-0.05, 0) is 54.6 Å². The molecule has 24 heavy (non-hydrogen) atoms. The maximum absolute atomic E-state index is 12.9. The van der Waals surface area contributed by atoms with E-state index in [0.29, 0.717) is 11.4 Å². The van der Waals surface area contributed by atoms with Gasteiger partial charge in [-0.15, -0.1) is 0 Å². The summed E-state index contributed by atoms with van der Waals surface area (Å²) in [5.74, 6) is -0.299. The lowest BCUT2D eigenvalue weighted by Crippen LogP contribution is -2.12. The van der Waals surface area contributed by atoms with Crippen LogP contribution in [0.25, 0.3) is 0 Å². The van der Waals surface area contributed by atoms with Crippen molar-refractivity contribution in [3.05, 3.63) is 82.7 Å². The van der Waals surface area contributed by atoms with Crippen molar-refractivity contribution in [2.45, 2.75) is 0 Å². The van der Waals surface area contributed by atoms with Gasteiger partial charge in [0.25, 0.3) is 5.91 Å². The highest BCUT2D eigenvalue weighted by atomic mass is 79.9. The first-order chi connectivity index (χ1) is 11.6. The second kappa shape index (κ2) is 7.23. The molecule has 2 N–H and O–H groups in total. The number of rotatable bonds is 4. The normalized spacial score (nSPS) is 10.2. The number of carbonyl (C=O) groups excluding carboxylic acids is 1. The smallest absolute Gasteiger partial charge is 0.256 e. The van der Waals surface area contributed by atoms with E-state index in [9.17, 15) is 9.18 Å². The van der Waals surface area contributed by atoms with Crippen LogP contribution >= 0.6 is 15.9 Å². The van der Waals surface area contributed by atoms with Crippen LogP contribution < -0.4 is 10.6 Å². The molecule has 0 fully saturated rings. The number of pyridine rings is 1. The highest BCUT2D eigenvalue weighted by Gasteiger charge is 2.07. The largest absolute Gasteiger partial charge is 0.354 e. The first-order valence-electron chi connectivity index (χ1n) is 7.16. The molecule has 0 unspecified atom stereocenters. The van der Waals surface area contributed by atoms with E-state index < -0.39 is 0 Å². The fraction of sp³-hybridized carbons (Fsp3) is 0. The van der Waals surface area contributed by atoms with Crippen LogP contribution in [0.15, 0.2) is 71.3 Å². The Hall–Kier alpha value is -2.73. The van der Waals surface area contributed by atoms with Gasteiger partial charge in [0.1, 0.15) is 11.6 Å². The molecular formula is C18H13BrFN3O. The van der Waals surface area contributed by atoms with E-state index in [1.807, 2.05) is 30.3 Å². The number of hydrogen-bond donors (Lipinski definition) is 2. The maximum atomic E-state index is 12.9. The summed E-state index contributed by atoms with van der Waals surface area (Å²) in [5.41, 5.74) is 2.09. The lowest BCUT2D eigenvalue weighted by molar-refractivity contribution is 0.102. The van der Waals surface area contributed by atoms with Crippen molar-refractivity contribution in [1.29, 1.82) is 0 Å². The number of nitrogens with zero attached hydrogens (tertiary/aromatic N) is 1. The molecule has 120 valence electrons. The number of halogens is 2. The Labute approximate surface area is 146 Å². The first kappa shape index (κ1) is 16.1. The van der Waals surface area contributed by atoms with E-state index >= 15 is 0 Å². The quantitative estimate of drug-likeness (QED) is 0.665. The van der Waals surface area contributed by atoms with Crippen LogP contribution in [-0.4, -0.2) is 10.9 Å². The Morgan fingerprint density at radius 1 is 1.00 bits per heavy atom. The molecule has 1 amide bonds. The summed E-state index contributed by atoms with van der Waals surface area (Å²) in [4.78, 5) is 16.2. The molecule has 0 saturated carbocycles. The summed E-state index contributed by atoms with van der Waals surface area (Å²) < 4.78 is 13.8. The van der Waals surface area contributed by atoms with E-state index in [1.54, 1.807) is 12.3 Å². The number of aromatic nitrogens is 1. The third kappa shape index (κ3) is 4.17. The second-order valence-corrected chi connectivity index (χ2v) is 5.94. The topological polar surface area (TPSA) is 54.0 Å². The Balaban J connectivity index is 1.66. The molecule has 6 heteroatoms. The molecule has 0 aliphatic rings. The predicted octanol–water partition coefficient (Wildman–Crippen LogP) is 4.98. The summed E-state index contributed by atoms with van der Waals surface area (Å²) in [5, 5.41) is 5.89. The van der Waals surface area contributed by atoms with Gasteiger partial charge in [0.2, 0.25) is 0 Å². The molecule has 2 aromatic carbocycles. The van der Waals surface area contributed by atoms with E-state index in [-0.39, 0.29) is 11.7 Å². The lowest BCUT2D eigenvalue weighted by atomic mass is 10.2. The van der Waals surface area contributed by atoms with Crippen molar-refractivity contribution < 1.29 is 9.18 Å². The number of amides is 1. The highest BCUT2D eigenvalue weighted by molar-refractivity contribution is 9.10. The standard InChI is InChI=1S/C18H13BrFN3O/c19-13-2-1-3-15(10-13)22-16-8-9-17(21-11-16)23-18(24)12-4-6-14(20)7-5-12/h1-11,22H,(H,21,23,24). The van der Waals surface area contributed by atoms with Crippen molar-refractivity contribution in [3.63, 3.8) is 0 Å². The average molecular weight is 386 g/mol. The fourth-order valence-electron chi connectivity index (χ4n) is 2.06. The number of benzene rings is 2. The molecule has 0 bridgehead atoms. The van der Waals surface area contributed by atoms with Crippen LogP contribution in [0.4, 0.5) is 21.6 Å². The summed E-state index contributed by atoms with van der Waals surface area (Å²) >= 11 is 3.41. The summed E-state index contributed by atoms with van der Waals surface area (Å²) in [6.07, 6.45) is 1.63. The zero-order valence-electron chi connectivity index (χ0n) is 12.5. The van der Waals surface area contributed by atoms with Gasteiger partial charge >= 0.3 is 0 Å². The van der Waals surface area contributed by atoms with Crippen LogP contribution in [0.3, 0.4) is 0 Å². The third-order valence-corrected chi connectivity index (χ3v) is 3.72. The monoisotopic (exact) mass is 385 g/mol. The van der Waals surface area contributed by atoms with Crippen LogP contribution in [0.5, 0.6) is 0 Å². The Morgan fingerprint density at radius 2 is 1.79 bits per heavy atom. The minimum absolute atomic E-state index is 0.338. The van der Waals surface area contributed by atoms with Crippen molar-refractivity contribution in [1.82, 2.24) is 4.98 Å². The Morgan fingerprint density at radius 3 is 2.46 bits per heavy atom. The Kier molecular flexibility index (Phi) is 4.86. The predicted molar refractivity (Wildman–Crippen MR) is 96.0 cm³/mol. The lowest BCUT2D eigenvalue weighted by Gasteiger charge is -2.08. The van der Waals surface area contributed by atoms with Crippen molar-refractivity contribution >= 4 is 39.0 Å². The van der Waals surface area contributed by atoms with Gasteiger partial charge < -0.3 is 10.6 Å². The number of anilines is 3. The zero-order chi connectivity index (χ0) is 16.9. The molecule has 4 nitrogen and oxygen atoms in total. The van der Waals surface area contributed by atoms with Gasteiger partial charge in [-0.3, -0.25) is 4.79 Å². The molecule has 3 rings (SSSR count). The first-order valence-corrected chi connectivity index (χ1v) is 7.95. The number of carbonyl (C=O) groups is 1. The van der Waals surface area contributed by atoms with Gasteiger partial charge in [-0.2, -0.15) is 0 Å². The molecular weight excluding hydrogens is 373 g/mol. The maximum Gasteiger partial charge on any atom is 0.256 e. The molecule has 3 aromatic rings. The molecule has 0 saturated heterocycles. The van der Waals surface area contributed by atoms with Gasteiger partial charge in [-0.25, -0.2) is 9.37 Å². The molecule has 1 aromatic heterocycles. The summed E-state index contributed by atoms with van der Waals surface area (Å²) in [6.45, 7) is 0. The van der Waals surface area contributed by atoms with E-state index in [4.69, 9.17) is 0 Å². The molecule has 1 heterocycles. The molecule has 0 radical (unpaired) electrons. The third-order valence-electron chi connectivity index (χ3n) is 3.22. The fourth-order valence-corrected chi connectivity index (χ4v) is 2.46. The van der Waals surface area contributed by atoms with E-state index in [1.165, 1.54) is 24.3 Å². The minimum atomic E-state index is -0.382. The van der Waals surface area contributed by atoms with Gasteiger partial charge in [0.15, 0.2) is 0 Å². The van der Waals surface area contributed by atoms with Gasteiger partial charge in [0.05, 0.1) is 11.9 Å². The van der Waals surface area contributed by atoms with Crippen LogP contribution in [0, 0.1) is 5.82 Å². The number of hydrogen-bond acceptors (Lipinski definition) is 3.